The molecule has 24 valence electrons. The molecule has 0 amide bonds. The zero-order valence-electron chi connectivity index (χ0n) is 2.50. The second kappa shape index (κ2) is 9.29. The molecule has 0 aliphatic heterocycles. The van der Waals surface area contributed by atoms with Gasteiger partial charge < -0.3 is 5.32 Å². The fourth-order valence-electron chi connectivity index (χ4n) is 0. The summed E-state index contributed by atoms with van der Waals surface area (Å²) in [6.07, 6.45) is 0. The third kappa shape index (κ3) is 15.4. The number of hydrogen-bond donors (Lipinski definition) is 1. The number of hydrogen-bond acceptors (Lipinski definition) is 1. The Morgan fingerprint density at radius 3 is 1.25 bits per heavy atom. The molecule has 0 saturated heterocycles. The van der Waals surface area contributed by atoms with Crippen LogP contribution in [0.2, 0.25) is 0 Å². The lowest BCUT2D eigenvalue weighted by atomic mass is 11.3. The second-order valence-electron chi connectivity index (χ2n) is 0.500. The van der Waals surface area contributed by atoms with Crippen molar-refractivity contribution < 1.29 is 0 Å². The molecule has 0 radical (unpaired) electrons. The van der Waals surface area contributed by atoms with Crippen LogP contribution in [0.25, 0.3) is 0 Å². The lowest BCUT2D eigenvalue weighted by Crippen LogP contribution is -1.89. The van der Waals surface area contributed by atoms with Crippen LogP contribution < -0.4 is 5.32 Å². The van der Waals surface area contributed by atoms with Gasteiger partial charge in [0.25, 0.3) is 0 Å². The summed E-state index contributed by atoms with van der Waals surface area (Å²) in [4.78, 5) is 0. The molecule has 0 bridgehead atoms. The Labute approximate surface area is 42.9 Å². The Kier molecular flexibility index (Phi) is 20.5. The van der Waals surface area contributed by atoms with E-state index in [1.54, 1.807) is 0 Å². The zero-order valence-corrected chi connectivity index (χ0v) is 2.50. The van der Waals surface area contributed by atoms with E-state index in [1.165, 1.54) is 0 Å². The Hall–Kier alpha value is 0.726. The quantitative estimate of drug-likeness (QED) is 0.358. The minimum atomic E-state index is 0. The summed E-state index contributed by atoms with van der Waals surface area (Å²) in [5.74, 6) is 0. The molecule has 0 heterocycles. The third-order valence-electron chi connectivity index (χ3n) is 0. The maximum absolute atomic E-state index is 2.75. The van der Waals surface area contributed by atoms with Gasteiger partial charge in [-0.1, -0.05) is 0 Å². The van der Waals surface area contributed by atoms with Crippen molar-refractivity contribution in [3.63, 3.8) is 0 Å². The van der Waals surface area contributed by atoms with Gasteiger partial charge in [0.05, 0.1) is 0 Å². The summed E-state index contributed by atoms with van der Waals surface area (Å²) in [7, 11) is 3.75. The summed E-state index contributed by atoms with van der Waals surface area (Å²) in [6, 6.07) is 0. The molecule has 1 N–H and O–H groups in total. The highest BCUT2D eigenvalue weighted by molar-refractivity contribution is 5.75. The molecular weight excluding hydrogens is 62.3 g/mol. The highest BCUT2D eigenvalue weighted by Gasteiger charge is 1.25. The first-order valence-corrected chi connectivity index (χ1v) is 1.00. The van der Waals surface area contributed by atoms with Crippen molar-refractivity contribution in [2.24, 2.45) is 0 Å². The predicted octanol–water partition coefficient (Wildman–Crippen LogP) is -1.08. The summed E-state index contributed by atoms with van der Waals surface area (Å²) in [5, 5.41) is 2.75. The molecule has 0 rings (SSSR count). The van der Waals surface area contributed by atoms with Crippen molar-refractivity contribution in [2.45, 2.75) is 0 Å². The first-order chi connectivity index (χ1) is 1.41. The van der Waals surface area contributed by atoms with Crippen molar-refractivity contribution in [1.29, 1.82) is 0 Å². The van der Waals surface area contributed by atoms with E-state index in [0.29, 0.717) is 0 Å². The molecule has 0 aromatic heterocycles. The molecule has 0 aliphatic carbocycles. The smallest absolute Gasteiger partial charge is 0.316 e. The average Bonchev–Trinajstić information content (AvgIpc) is 0.918. The standard InChI is InChI=1S/C2H7N.Mg.2H/c1-3-2;;;/h3H,1-2H3;;;. The van der Waals surface area contributed by atoms with E-state index in [0.717, 1.165) is 0 Å². The van der Waals surface area contributed by atoms with Crippen molar-refractivity contribution in [2.75, 3.05) is 14.1 Å². The lowest BCUT2D eigenvalue weighted by Gasteiger charge is -1.59. The van der Waals surface area contributed by atoms with Crippen molar-refractivity contribution in [3.05, 3.63) is 0 Å². The van der Waals surface area contributed by atoms with Gasteiger partial charge in [0.15, 0.2) is 0 Å². The fourth-order valence-corrected chi connectivity index (χ4v) is 0. The van der Waals surface area contributed by atoms with E-state index in [2.05, 4.69) is 5.32 Å². The number of rotatable bonds is 0. The van der Waals surface area contributed by atoms with Crippen LogP contribution in [0, 0.1) is 0 Å². The van der Waals surface area contributed by atoms with Gasteiger partial charge in [-0.2, -0.15) is 0 Å². The maximum Gasteiger partial charge on any atom is 0.316 e. The van der Waals surface area contributed by atoms with Crippen LogP contribution in [0.5, 0.6) is 0 Å². The van der Waals surface area contributed by atoms with Crippen LogP contribution in [0.1, 0.15) is 0 Å². The van der Waals surface area contributed by atoms with E-state index in [1.807, 2.05) is 14.1 Å². The normalized spacial score (nSPS) is 4.50. The highest BCUT2D eigenvalue weighted by atomic mass is 24.3. The molecule has 1 nitrogen and oxygen atoms in total. The highest BCUT2D eigenvalue weighted by Crippen LogP contribution is 0.981. The van der Waals surface area contributed by atoms with E-state index in [9.17, 15) is 0 Å². The van der Waals surface area contributed by atoms with Gasteiger partial charge in [-0.3, -0.25) is 0 Å². The summed E-state index contributed by atoms with van der Waals surface area (Å²) in [5.41, 5.74) is 0. The van der Waals surface area contributed by atoms with Crippen molar-refractivity contribution in [3.8, 4) is 0 Å². The van der Waals surface area contributed by atoms with Crippen molar-refractivity contribution >= 4 is 23.1 Å². The van der Waals surface area contributed by atoms with Crippen LogP contribution in [-0.2, 0) is 0 Å². The van der Waals surface area contributed by atoms with Gasteiger partial charge in [0.2, 0.25) is 0 Å². The van der Waals surface area contributed by atoms with Crippen LogP contribution in [0.15, 0.2) is 0 Å². The first-order valence-electron chi connectivity index (χ1n) is 1.00. The molecule has 4 heavy (non-hydrogen) atoms. The van der Waals surface area contributed by atoms with Crippen LogP contribution in [0.4, 0.5) is 0 Å². The SMILES string of the molecule is CNC.[MgH2]. The molecule has 0 saturated carbocycles. The predicted molar refractivity (Wildman–Crippen MR) is 23.5 cm³/mol. The summed E-state index contributed by atoms with van der Waals surface area (Å²) >= 11 is 0. The van der Waals surface area contributed by atoms with Gasteiger partial charge in [-0.15, -0.1) is 0 Å². The Morgan fingerprint density at radius 2 is 1.25 bits per heavy atom. The van der Waals surface area contributed by atoms with E-state index < -0.39 is 0 Å². The van der Waals surface area contributed by atoms with Gasteiger partial charge in [0, 0.05) is 0 Å². The fraction of sp³-hybridized carbons (Fsp3) is 1.00. The van der Waals surface area contributed by atoms with Crippen molar-refractivity contribution in [1.82, 2.24) is 5.32 Å². The van der Waals surface area contributed by atoms with E-state index >= 15 is 0 Å². The Morgan fingerprint density at radius 1 is 1.25 bits per heavy atom. The minimum absolute atomic E-state index is 0. The topological polar surface area (TPSA) is 12.0 Å². The van der Waals surface area contributed by atoms with Gasteiger partial charge >= 0.3 is 23.1 Å². The maximum atomic E-state index is 2.75. The summed E-state index contributed by atoms with van der Waals surface area (Å²) in [6.45, 7) is 0. The molecule has 0 unspecified atom stereocenters. The van der Waals surface area contributed by atoms with Gasteiger partial charge in [0.1, 0.15) is 0 Å². The monoisotopic (exact) mass is 71.1 g/mol. The molecular formula is C2H9MgN. The van der Waals surface area contributed by atoms with Crippen LogP contribution >= 0.6 is 0 Å². The number of nitrogens with one attached hydrogen (secondary N) is 1. The molecule has 2 heteroatoms. The summed E-state index contributed by atoms with van der Waals surface area (Å²) < 4.78 is 0. The van der Waals surface area contributed by atoms with Gasteiger partial charge in [-0.05, 0) is 14.1 Å². The molecule has 0 aromatic rings. The lowest BCUT2D eigenvalue weighted by molar-refractivity contribution is 1.02. The first kappa shape index (κ1) is 8.83. The molecule has 0 atom stereocenters. The second-order valence-corrected chi connectivity index (χ2v) is 0.500. The van der Waals surface area contributed by atoms with Gasteiger partial charge in [-0.25, -0.2) is 0 Å². The molecule has 0 aromatic carbocycles. The van der Waals surface area contributed by atoms with Crippen LogP contribution in [0.3, 0.4) is 0 Å². The molecule has 0 aliphatic rings. The molecule has 0 fully saturated rings. The van der Waals surface area contributed by atoms with E-state index in [-0.39, 0.29) is 23.1 Å². The Balaban J connectivity index is 0. The van der Waals surface area contributed by atoms with Crippen LogP contribution in [-0.4, -0.2) is 37.1 Å². The Bertz CT molecular complexity index is 6.00. The average molecular weight is 71.4 g/mol. The zero-order chi connectivity index (χ0) is 2.71. The third-order valence-corrected chi connectivity index (χ3v) is 0. The minimum Gasteiger partial charge on any atom is -0.323 e. The van der Waals surface area contributed by atoms with E-state index in [4.69, 9.17) is 0 Å². The largest absolute Gasteiger partial charge is 0.323 e. The molecule has 0 spiro atoms.